The van der Waals surface area contributed by atoms with Gasteiger partial charge >= 0.3 is 22.3 Å². The average molecular weight is 1340 g/mol. The van der Waals surface area contributed by atoms with Gasteiger partial charge in [0, 0.05) is 49.3 Å². The monoisotopic (exact) mass is 1340 g/mol. The number of aliphatic hydroxyl groups excluding tert-OH is 2. The van der Waals surface area contributed by atoms with E-state index in [-0.39, 0.29) is 78.2 Å². The zero-order valence-electron chi connectivity index (χ0n) is 56.9. The van der Waals surface area contributed by atoms with Crippen LogP contribution in [0.3, 0.4) is 0 Å². The predicted molar refractivity (Wildman–Crippen MR) is 344 cm³/mol. The molecule has 6 rings (SSSR count). The van der Waals surface area contributed by atoms with Crippen LogP contribution in [0.1, 0.15) is 179 Å². The van der Waals surface area contributed by atoms with E-state index in [9.17, 15) is 68.4 Å². The van der Waals surface area contributed by atoms with Gasteiger partial charge in [-0.3, -0.25) is 23.7 Å². The number of carbonyl (C=O) groups excluding carboxylic acids is 3. The molecule has 3 saturated heterocycles. The van der Waals surface area contributed by atoms with Crippen molar-refractivity contribution in [2.24, 2.45) is 23.7 Å². The molecule has 0 amide bonds. The van der Waals surface area contributed by atoms with Gasteiger partial charge in [-0.15, -0.1) is 0 Å². The summed E-state index contributed by atoms with van der Waals surface area (Å²) in [4.78, 5) is 55.0. The predicted octanol–water partition coefficient (Wildman–Crippen LogP) is 8.76. The third-order valence-corrected chi connectivity index (χ3v) is 18.6. The van der Waals surface area contributed by atoms with Gasteiger partial charge in [-0.05, 0) is 112 Å². The minimum absolute atomic E-state index is 0.0760. The van der Waals surface area contributed by atoms with Gasteiger partial charge in [0.1, 0.15) is 34.9 Å². The first-order valence-corrected chi connectivity index (χ1v) is 34.0. The number of nitrogens with zero attached hydrogens (tertiary/aromatic N) is 1. The Morgan fingerprint density at radius 3 is 1.92 bits per heavy atom. The van der Waals surface area contributed by atoms with Crippen LogP contribution in [0.15, 0.2) is 45.6 Å². The van der Waals surface area contributed by atoms with Crippen LogP contribution in [0, 0.1) is 23.7 Å². The van der Waals surface area contributed by atoms with Crippen molar-refractivity contribution in [1.82, 2.24) is 4.90 Å². The van der Waals surface area contributed by atoms with Gasteiger partial charge in [0.2, 0.25) is 11.2 Å². The second kappa shape index (κ2) is 35.8. The molecule has 0 bridgehead atoms. The van der Waals surface area contributed by atoms with E-state index in [1.54, 1.807) is 48.5 Å². The van der Waals surface area contributed by atoms with Crippen molar-refractivity contribution in [3.63, 3.8) is 0 Å². The maximum absolute atomic E-state index is 14.2. The highest BCUT2D eigenvalue weighted by Crippen LogP contribution is 2.42. The molecule has 18 atom stereocenters. The molecule has 9 N–H and O–H groups in total. The Labute approximate surface area is 547 Å². The van der Waals surface area contributed by atoms with E-state index in [0.29, 0.717) is 12.8 Å². The summed E-state index contributed by atoms with van der Waals surface area (Å²) in [7, 11) is 0.973. The highest BCUT2D eigenvalue weighted by molar-refractivity contribution is 7.80. The number of fused-ring (bicyclic) bond motifs is 1. The zero-order chi connectivity index (χ0) is 70.1. The molecule has 1 aromatic heterocycles. The molecule has 3 aliphatic heterocycles. The lowest BCUT2D eigenvalue weighted by Crippen LogP contribution is -2.61. The summed E-state index contributed by atoms with van der Waals surface area (Å²) < 4.78 is 82.0. The van der Waals surface area contributed by atoms with E-state index in [4.69, 9.17) is 42.1 Å². The number of carbonyl (C=O) groups is 3. The first kappa shape index (κ1) is 80.4. The highest BCUT2D eigenvalue weighted by atomic mass is 32.3. The molecule has 4 heterocycles. The minimum atomic E-state index is -4.23. The van der Waals surface area contributed by atoms with Gasteiger partial charge < -0.3 is 83.3 Å². The maximum Gasteiger partial charge on any atom is 0.397 e. The molecule has 3 aromatic rings. The van der Waals surface area contributed by atoms with Crippen LogP contribution in [-0.4, -0.2) is 189 Å². The molecule has 93 heavy (non-hydrogen) atoms. The largest absolute Gasteiger partial charge is 0.508 e. The number of likely N-dealkylation sites (N-methyl/N-ethyl adjacent to an activating group) is 1. The van der Waals surface area contributed by atoms with Crippen LogP contribution in [-0.2, 0) is 62.1 Å². The Morgan fingerprint density at radius 2 is 1.37 bits per heavy atom. The van der Waals surface area contributed by atoms with Gasteiger partial charge in [-0.2, -0.15) is 8.42 Å². The number of rotatable bonds is 22. The Balaban J connectivity index is 0.000000390. The van der Waals surface area contributed by atoms with E-state index in [2.05, 4.69) is 11.1 Å². The van der Waals surface area contributed by atoms with Crippen molar-refractivity contribution in [1.29, 1.82) is 0 Å². The third kappa shape index (κ3) is 22.2. The molecule has 25 nitrogen and oxygen atoms in total. The summed E-state index contributed by atoms with van der Waals surface area (Å²) in [5.74, 6) is -7.19. The standard InChI is InChI=1S/C40H71NO14.C15H10O6.C12H26O4S/c1-15-27-40(11,48)33(44)22(5)30(43)20(3)18-38(9,47)35(55-37-32(53-28(42)16-2)26(41(12)13)17-21(4)50-37)23(6)31(24(7)36(46)52-27)54-29-19-39(10,49-14)34(45)25(8)51-29;16-8-2-3-9-12(6-8)21-15(14(20)13(9)19)7-1-4-10(17)11(18)5-7;1-2-3-4-5-6-7-8-9-10-11-12-16-17(13,14)15/h20-27,29,31-35,37,44-45,47-48H,15-19H2,1-14H3;1-6,16-18,20H;2-12H2,1H3,(H,13,14,15). The number of methoxy groups -OCH3 is 1. The van der Waals surface area contributed by atoms with Crippen molar-refractivity contribution in [3.8, 4) is 34.3 Å². The molecule has 3 aliphatic rings. The number of unbranched alkanes of at least 4 members (excludes halogenated alkanes) is 9. The second-order valence-corrected chi connectivity index (χ2v) is 27.3. The highest BCUT2D eigenvalue weighted by Gasteiger charge is 2.54. The smallest absolute Gasteiger partial charge is 0.397 e. The quantitative estimate of drug-likeness (QED) is 0.0196. The zero-order valence-corrected chi connectivity index (χ0v) is 57.8. The number of aromatic hydroxyl groups is 4. The Hall–Kier alpha value is -5.07. The molecule has 530 valence electrons. The summed E-state index contributed by atoms with van der Waals surface area (Å²) in [5.41, 5.74) is -5.26. The molecule has 26 heteroatoms. The maximum atomic E-state index is 14.2. The fourth-order valence-electron chi connectivity index (χ4n) is 12.5. The molecule has 0 saturated carbocycles. The van der Waals surface area contributed by atoms with Crippen molar-refractivity contribution in [2.75, 3.05) is 27.8 Å². The van der Waals surface area contributed by atoms with E-state index < -0.39 is 141 Å². The van der Waals surface area contributed by atoms with Crippen molar-refractivity contribution in [3.05, 3.63) is 46.6 Å². The Bertz CT molecular complexity index is 3030. The van der Waals surface area contributed by atoms with Crippen molar-refractivity contribution < 1.29 is 110 Å². The molecule has 0 aliphatic carbocycles. The number of phenols is 3. The summed E-state index contributed by atoms with van der Waals surface area (Å²) in [5, 5.41) is 84.9. The number of hydrogen-bond donors (Lipinski definition) is 9. The molecule has 2 aromatic carbocycles. The van der Waals surface area contributed by atoms with Crippen molar-refractivity contribution >= 4 is 39.1 Å². The van der Waals surface area contributed by atoms with Gasteiger partial charge in [-0.25, -0.2) is 4.18 Å². The van der Waals surface area contributed by atoms with Gasteiger partial charge in [0.15, 0.2) is 35.9 Å². The van der Waals surface area contributed by atoms with Gasteiger partial charge in [0.25, 0.3) is 0 Å². The second-order valence-electron chi connectivity index (χ2n) is 26.2. The van der Waals surface area contributed by atoms with Crippen LogP contribution in [0.2, 0.25) is 0 Å². The minimum Gasteiger partial charge on any atom is -0.508 e. The first-order chi connectivity index (χ1) is 43.4. The van der Waals surface area contributed by atoms with E-state index >= 15 is 0 Å². The molecular weight excluding hydrogens is 1230 g/mol. The number of aliphatic hydroxyl groups is 4. The summed E-state index contributed by atoms with van der Waals surface area (Å²) in [6.07, 6.45) is 2.17. The van der Waals surface area contributed by atoms with Crippen LogP contribution in [0.25, 0.3) is 22.3 Å². The van der Waals surface area contributed by atoms with Gasteiger partial charge in [0.05, 0.1) is 65.7 Å². The lowest BCUT2D eigenvalue weighted by atomic mass is 9.74. The lowest BCUT2D eigenvalue weighted by molar-refractivity contribution is -0.319. The average Bonchev–Trinajstić information content (AvgIpc) is 0.793. The number of ketones is 1. The lowest BCUT2D eigenvalue weighted by Gasteiger charge is -2.49. The number of cyclic esters (lactones) is 1. The van der Waals surface area contributed by atoms with E-state index in [0.717, 1.165) is 18.9 Å². The number of benzene rings is 2. The molecule has 0 radical (unpaired) electrons. The molecule has 3 fully saturated rings. The molecular formula is C67H107NO24S. The normalized spacial score (nSPS) is 32.3. The summed E-state index contributed by atoms with van der Waals surface area (Å²) >= 11 is 0. The van der Waals surface area contributed by atoms with Crippen LogP contribution in [0.4, 0.5) is 0 Å². The molecule has 18 unspecified atom stereocenters. The van der Waals surface area contributed by atoms with Crippen LogP contribution < -0.4 is 5.43 Å². The fourth-order valence-corrected chi connectivity index (χ4v) is 12.9. The topological polar surface area (TPSA) is 375 Å². The van der Waals surface area contributed by atoms with E-state index in [1.807, 2.05) is 25.9 Å². The number of esters is 2. The van der Waals surface area contributed by atoms with E-state index in [1.165, 1.54) is 103 Å². The Kier molecular flexibility index (Phi) is 30.9. The SMILES string of the molecule is CCC(=O)OC1C(OC2C(C)C(OC3CC(C)(OC)C(O)C(C)O3)C(C)C(=O)OC(CC)C(C)(O)C(O)C(C)C(=O)C(C)CC2(C)O)OC(C)CC1N(C)C.CCCCCCCCCCCCOS(=O)(=O)O.O=c1c(O)c(-c2ccc(O)c(O)c2)oc2cc(O)ccc12. The summed E-state index contributed by atoms with van der Waals surface area (Å²) in [6.45, 7) is 20.3. The third-order valence-electron chi connectivity index (χ3n) is 18.2. The molecule has 0 spiro atoms. The van der Waals surface area contributed by atoms with Gasteiger partial charge in [-0.1, -0.05) is 99.3 Å². The fraction of sp³-hybridized carbons (Fsp3) is 0.731. The number of phenolic OH excluding ortho intramolecular Hbond substituents is 3. The van der Waals surface area contributed by atoms with Crippen LogP contribution in [0.5, 0.6) is 23.0 Å². The van der Waals surface area contributed by atoms with Crippen molar-refractivity contribution in [2.45, 2.75) is 264 Å². The number of ether oxygens (including phenoxy) is 7. The van der Waals surface area contributed by atoms with Crippen LogP contribution >= 0.6 is 0 Å². The summed E-state index contributed by atoms with van der Waals surface area (Å²) in [6, 6.07) is 7.32. The number of Topliss-reactive ketones (excluding diaryl/α,β-unsaturated/α-hetero) is 1. The first-order valence-electron chi connectivity index (χ1n) is 32.6. The number of hydrogen-bond acceptors (Lipinski definition) is 24. The Morgan fingerprint density at radius 1 is 0.753 bits per heavy atom.